The van der Waals surface area contributed by atoms with E-state index in [-0.39, 0.29) is 0 Å². The first kappa shape index (κ1) is 14.8. The van der Waals surface area contributed by atoms with Crippen LogP contribution in [-0.2, 0) is 0 Å². The van der Waals surface area contributed by atoms with Crippen molar-refractivity contribution in [1.82, 2.24) is 9.80 Å². The molecule has 3 rings (SSSR count). The summed E-state index contributed by atoms with van der Waals surface area (Å²) in [6, 6.07) is 16.2. The fraction of sp³-hybridized carbons (Fsp3) is 0.235. The van der Waals surface area contributed by atoms with Crippen molar-refractivity contribution in [2.75, 3.05) is 27.3 Å². The highest BCUT2D eigenvalue weighted by Gasteiger charge is 2.43. The van der Waals surface area contributed by atoms with E-state index in [2.05, 4.69) is 29.6 Å². The zero-order valence-electron chi connectivity index (χ0n) is 12.7. The van der Waals surface area contributed by atoms with Gasteiger partial charge in [0.05, 0.1) is 20.8 Å². The highest BCUT2D eigenvalue weighted by Crippen LogP contribution is 2.38. The van der Waals surface area contributed by atoms with Crippen LogP contribution in [0.3, 0.4) is 0 Å². The minimum atomic E-state index is 0.531. The third kappa shape index (κ3) is 2.32. The Labute approximate surface area is 135 Å². The predicted octanol–water partition coefficient (Wildman–Crippen LogP) is 3.23. The van der Waals surface area contributed by atoms with Crippen LogP contribution in [0, 0.1) is 0 Å². The van der Waals surface area contributed by atoms with Gasteiger partial charge in [0.25, 0.3) is 5.11 Å². The monoisotopic (exact) mass is 315 g/mol. The van der Waals surface area contributed by atoms with Crippen LogP contribution in [-0.4, -0.2) is 32.4 Å². The summed E-state index contributed by atoms with van der Waals surface area (Å²) in [6.45, 7) is 1.74. The standard InChI is InChI=1S/C17H18N2O2S/c1-20-15-7-3-13(4-8-15)19(12-11-18-17(19)22)14-5-9-16(21-2)10-6-14/h3-10H,11-12H2,1-2H3/p+1. The van der Waals surface area contributed by atoms with E-state index in [0.717, 1.165) is 41.1 Å². The second-order valence-corrected chi connectivity index (χ2v) is 5.55. The predicted molar refractivity (Wildman–Crippen MR) is 92.9 cm³/mol. The van der Waals surface area contributed by atoms with E-state index in [1.165, 1.54) is 0 Å². The topological polar surface area (TPSA) is 30.5 Å². The fourth-order valence-corrected chi connectivity index (χ4v) is 3.29. The summed E-state index contributed by atoms with van der Waals surface area (Å²) in [4.78, 5) is 0. The number of quaternary nitrogens is 1. The summed E-state index contributed by atoms with van der Waals surface area (Å²) in [5, 5.41) is 4.12. The maximum atomic E-state index is 5.64. The van der Waals surface area contributed by atoms with Crippen molar-refractivity contribution in [3.8, 4) is 11.5 Å². The molecule has 0 atom stereocenters. The van der Waals surface area contributed by atoms with Gasteiger partial charge in [0, 0.05) is 36.5 Å². The van der Waals surface area contributed by atoms with Crippen LogP contribution in [0.5, 0.6) is 11.5 Å². The van der Waals surface area contributed by atoms with Crippen molar-refractivity contribution in [3.63, 3.8) is 0 Å². The lowest BCUT2D eigenvalue weighted by molar-refractivity contribution is 0.414. The molecule has 0 spiro atoms. The second kappa shape index (κ2) is 5.94. The van der Waals surface area contributed by atoms with Gasteiger partial charge in [-0.2, -0.15) is 0 Å². The maximum absolute atomic E-state index is 5.64. The molecule has 1 fully saturated rings. The van der Waals surface area contributed by atoms with Gasteiger partial charge in [0.2, 0.25) is 0 Å². The Hall–Kier alpha value is -2.11. The van der Waals surface area contributed by atoms with Gasteiger partial charge in [0.1, 0.15) is 29.4 Å². The molecule has 4 nitrogen and oxygen atoms in total. The van der Waals surface area contributed by atoms with E-state index in [0.29, 0.717) is 4.48 Å². The number of rotatable bonds is 4. The Morgan fingerprint density at radius 3 is 1.64 bits per heavy atom. The van der Waals surface area contributed by atoms with Crippen LogP contribution in [0.1, 0.15) is 0 Å². The molecule has 2 aromatic rings. The summed E-state index contributed by atoms with van der Waals surface area (Å²) in [7, 11) is 3.34. The first-order valence-electron chi connectivity index (χ1n) is 7.16. The summed E-state index contributed by atoms with van der Waals surface area (Å²) in [5.74, 6) is 1.68. The van der Waals surface area contributed by atoms with Gasteiger partial charge in [-0.1, -0.05) is 0 Å². The Morgan fingerprint density at radius 1 is 0.864 bits per heavy atom. The van der Waals surface area contributed by atoms with Crippen molar-refractivity contribution in [3.05, 3.63) is 48.5 Å². The van der Waals surface area contributed by atoms with E-state index in [1.54, 1.807) is 14.2 Å². The lowest BCUT2D eigenvalue weighted by Gasteiger charge is -2.31. The lowest BCUT2D eigenvalue weighted by atomic mass is 10.2. The third-order valence-corrected chi connectivity index (χ3v) is 4.55. The first-order valence-corrected chi connectivity index (χ1v) is 7.57. The van der Waals surface area contributed by atoms with Crippen LogP contribution >= 0.6 is 12.2 Å². The second-order valence-electron chi connectivity index (χ2n) is 5.16. The molecule has 0 bridgehead atoms. The smallest absolute Gasteiger partial charge is 0.280 e. The number of hydrogen-bond acceptors (Lipinski definition) is 3. The van der Waals surface area contributed by atoms with Crippen LogP contribution < -0.4 is 19.3 Å². The number of nitrogens with one attached hydrogen (secondary N) is 1. The zero-order valence-corrected chi connectivity index (χ0v) is 13.5. The SMILES string of the molecule is COc1ccc([N+]2(c3ccc(OC)cc3)CCNC2=S)cc1. The Morgan fingerprint density at radius 2 is 1.32 bits per heavy atom. The molecular formula is C17H19N2O2S+. The normalized spacial score (nSPS) is 16.2. The Kier molecular flexibility index (Phi) is 4.00. The molecule has 1 saturated heterocycles. The summed E-state index contributed by atoms with van der Waals surface area (Å²) in [6.07, 6.45) is 0. The molecule has 1 N–H and O–H groups in total. The number of hydrogen-bond donors (Lipinski definition) is 1. The molecule has 0 unspecified atom stereocenters. The van der Waals surface area contributed by atoms with E-state index >= 15 is 0 Å². The fourth-order valence-electron chi connectivity index (χ4n) is 2.88. The molecular weight excluding hydrogens is 296 g/mol. The van der Waals surface area contributed by atoms with Gasteiger partial charge in [0.15, 0.2) is 0 Å². The quantitative estimate of drug-likeness (QED) is 0.693. The van der Waals surface area contributed by atoms with Crippen LogP contribution in [0.4, 0.5) is 11.4 Å². The van der Waals surface area contributed by atoms with Gasteiger partial charge in [-0.15, -0.1) is 0 Å². The van der Waals surface area contributed by atoms with Crippen molar-refractivity contribution in [1.29, 1.82) is 0 Å². The third-order valence-electron chi connectivity index (χ3n) is 4.10. The summed E-state index contributed by atoms with van der Waals surface area (Å²) in [5.41, 5.74) is 2.25. The highest BCUT2D eigenvalue weighted by atomic mass is 32.1. The van der Waals surface area contributed by atoms with Crippen LogP contribution in [0.2, 0.25) is 0 Å². The van der Waals surface area contributed by atoms with Gasteiger partial charge in [-0.3, -0.25) is 0 Å². The first-order chi connectivity index (χ1) is 10.7. The number of nitrogens with zero attached hydrogens (tertiary/aromatic N) is 1. The minimum absolute atomic E-state index is 0.531. The van der Waals surface area contributed by atoms with E-state index < -0.39 is 0 Å². The van der Waals surface area contributed by atoms with Crippen molar-refractivity contribution in [2.45, 2.75) is 0 Å². The van der Waals surface area contributed by atoms with Crippen molar-refractivity contribution >= 4 is 28.7 Å². The molecule has 22 heavy (non-hydrogen) atoms. The molecule has 1 aliphatic rings. The molecule has 114 valence electrons. The Bertz CT molecular complexity index is 621. The number of ether oxygens (including phenoxy) is 2. The number of methoxy groups -OCH3 is 2. The number of thiocarbonyl (C=S) groups is 1. The largest absolute Gasteiger partial charge is 0.497 e. The zero-order chi connectivity index (χ0) is 15.6. The lowest BCUT2D eigenvalue weighted by Crippen LogP contribution is -2.46. The van der Waals surface area contributed by atoms with Gasteiger partial charge in [-0.25, -0.2) is 4.48 Å². The van der Waals surface area contributed by atoms with E-state index in [1.807, 2.05) is 24.3 Å². The average Bonchev–Trinajstić information content (AvgIpc) is 2.97. The Balaban J connectivity index is 2.09. The minimum Gasteiger partial charge on any atom is -0.497 e. The molecule has 1 aliphatic heterocycles. The molecule has 0 radical (unpaired) electrons. The van der Waals surface area contributed by atoms with Crippen LogP contribution in [0.15, 0.2) is 48.5 Å². The molecule has 0 amide bonds. The number of benzene rings is 2. The maximum Gasteiger partial charge on any atom is 0.280 e. The van der Waals surface area contributed by atoms with E-state index in [4.69, 9.17) is 21.7 Å². The molecule has 0 saturated carbocycles. The van der Waals surface area contributed by atoms with Gasteiger partial charge >= 0.3 is 0 Å². The molecule has 2 aromatic carbocycles. The molecule has 5 heteroatoms. The van der Waals surface area contributed by atoms with Crippen LogP contribution in [0.25, 0.3) is 0 Å². The molecule has 0 aromatic heterocycles. The van der Waals surface area contributed by atoms with Gasteiger partial charge < -0.3 is 14.8 Å². The van der Waals surface area contributed by atoms with E-state index in [9.17, 15) is 0 Å². The van der Waals surface area contributed by atoms with Crippen molar-refractivity contribution in [2.24, 2.45) is 0 Å². The summed E-state index contributed by atoms with van der Waals surface area (Å²) >= 11 is 5.64. The molecule has 1 heterocycles. The van der Waals surface area contributed by atoms with Gasteiger partial charge in [-0.05, 0) is 24.3 Å². The van der Waals surface area contributed by atoms with Crippen molar-refractivity contribution < 1.29 is 9.47 Å². The average molecular weight is 315 g/mol. The highest BCUT2D eigenvalue weighted by molar-refractivity contribution is 7.80. The molecule has 0 aliphatic carbocycles. The summed E-state index contributed by atoms with van der Waals surface area (Å²) < 4.78 is 11.0.